The van der Waals surface area contributed by atoms with Crippen LogP contribution in [-0.2, 0) is 13.0 Å². The third kappa shape index (κ3) is 4.76. The minimum absolute atomic E-state index is 0.0896. The molecule has 5 nitrogen and oxygen atoms in total. The molecule has 0 aliphatic heterocycles. The zero-order valence-electron chi connectivity index (χ0n) is 13.4. The van der Waals surface area contributed by atoms with Crippen LogP contribution in [0.5, 0.6) is 0 Å². The first-order chi connectivity index (χ1) is 11.8. The summed E-state index contributed by atoms with van der Waals surface area (Å²) in [5.41, 5.74) is 1.72. The van der Waals surface area contributed by atoms with Gasteiger partial charge >= 0.3 is 0 Å². The maximum Gasteiger partial charge on any atom is 0.270 e. The Kier molecular flexibility index (Phi) is 5.74. The molecule has 0 fully saturated rings. The van der Waals surface area contributed by atoms with Crippen LogP contribution in [0.4, 0.5) is 0 Å². The van der Waals surface area contributed by atoms with Gasteiger partial charge in [-0.3, -0.25) is 4.79 Å². The number of carbonyl (C=O) groups is 1. The van der Waals surface area contributed by atoms with Crippen LogP contribution in [0.3, 0.4) is 0 Å². The summed E-state index contributed by atoms with van der Waals surface area (Å²) in [5, 5.41) is 5.73. The lowest BCUT2D eigenvalue weighted by Gasteiger charge is -2.04. The lowest BCUT2D eigenvalue weighted by atomic mass is 10.2. The molecule has 0 bridgehead atoms. The summed E-state index contributed by atoms with van der Waals surface area (Å²) in [6.45, 7) is 1.59. The molecule has 0 unspecified atom stereocenters. The molecule has 1 amide bonds. The summed E-state index contributed by atoms with van der Waals surface area (Å²) in [6, 6.07) is 10.2. The second-order valence-corrected chi connectivity index (χ2v) is 6.50. The Morgan fingerprint density at radius 1 is 1.21 bits per heavy atom. The van der Waals surface area contributed by atoms with Gasteiger partial charge < -0.3 is 9.88 Å². The van der Waals surface area contributed by atoms with Crippen LogP contribution >= 0.6 is 11.3 Å². The number of nitrogens with zero attached hydrogens (tertiary/aromatic N) is 3. The Bertz CT molecular complexity index is 752. The SMILES string of the molecule is O=C(NCCCCn1ccnc1)c1csc(Cc2ccccc2)n1. The van der Waals surface area contributed by atoms with Crippen LogP contribution in [0.15, 0.2) is 54.4 Å². The minimum Gasteiger partial charge on any atom is -0.351 e. The molecular formula is C18H20N4OS. The summed E-state index contributed by atoms with van der Waals surface area (Å²) in [5.74, 6) is -0.0896. The topological polar surface area (TPSA) is 59.8 Å². The number of hydrogen-bond donors (Lipinski definition) is 1. The van der Waals surface area contributed by atoms with Crippen molar-refractivity contribution in [3.8, 4) is 0 Å². The molecule has 24 heavy (non-hydrogen) atoms. The fourth-order valence-corrected chi connectivity index (χ4v) is 3.21. The normalized spacial score (nSPS) is 10.7. The molecule has 0 saturated heterocycles. The van der Waals surface area contributed by atoms with E-state index in [2.05, 4.69) is 27.4 Å². The van der Waals surface area contributed by atoms with Gasteiger partial charge in [0.15, 0.2) is 0 Å². The highest BCUT2D eigenvalue weighted by molar-refractivity contribution is 7.09. The van der Waals surface area contributed by atoms with E-state index in [1.54, 1.807) is 6.20 Å². The third-order valence-corrected chi connectivity index (χ3v) is 4.52. The summed E-state index contributed by atoms with van der Waals surface area (Å²) >= 11 is 1.53. The van der Waals surface area contributed by atoms with Gasteiger partial charge in [-0.2, -0.15) is 0 Å². The van der Waals surface area contributed by atoms with E-state index in [1.807, 2.05) is 40.7 Å². The van der Waals surface area contributed by atoms with Gasteiger partial charge in [0.05, 0.1) is 11.3 Å². The number of carbonyl (C=O) groups excluding carboxylic acids is 1. The molecule has 0 atom stereocenters. The number of rotatable bonds is 8. The van der Waals surface area contributed by atoms with Crippen molar-refractivity contribution in [3.05, 3.63) is 70.7 Å². The van der Waals surface area contributed by atoms with Gasteiger partial charge in [-0.25, -0.2) is 9.97 Å². The van der Waals surface area contributed by atoms with Gasteiger partial charge in [-0.1, -0.05) is 30.3 Å². The summed E-state index contributed by atoms with van der Waals surface area (Å²) in [6.07, 6.45) is 8.24. The van der Waals surface area contributed by atoms with E-state index in [-0.39, 0.29) is 5.91 Å². The first-order valence-electron chi connectivity index (χ1n) is 8.03. The standard InChI is InChI=1S/C18H20N4OS/c23-18(20-8-4-5-10-22-11-9-19-14-22)16-13-24-17(21-16)12-15-6-2-1-3-7-15/h1-3,6-7,9,11,13-14H,4-5,8,10,12H2,(H,20,23). The molecule has 1 aromatic carbocycles. The molecule has 1 N–H and O–H groups in total. The molecular weight excluding hydrogens is 320 g/mol. The van der Waals surface area contributed by atoms with Crippen LogP contribution in [0.25, 0.3) is 0 Å². The quantitative estimate of drug-likeness (QED) is 0.641. The zero-order valence-corrected chi connectivity index (χ0v) is 14.2. The van der Waals surface area contributed by atoms with Crippen molar-refractivity contribution < 1.29 is 4.79 Å². The number of aryl methyl sites for hydroxylation is 1. The molecule has 2 aromatic heterocycles. The Morgan fingerprint density at radius 3 is 2.88 bits per heavy atom. The molecule has 3 rings (SSSR count). The Labute approximate surface area is 145 Å². The Morgan fingerprint density at radius 2 is 2.08 bits per heavy atom. The highest BCUT2D eigenvalue weighted by atomic mass is 32.1. The van der Waals surface area contributed by atoms with Crippen molar-refractivity contribution in [1.82, 2.24) is 19.9 Å². The van der Waals surface area contributed by atoms with Crippen LogP contribution in [0.1, 0.15) is 33.9 Å². The Hall–Kier alpha value is -2.47. The van der Waals surface area contributed by atoms with Gasteiger partial charge in [0.1, 0.15) is 5.69 Å². The number of thiazole rings is 1. The predicted molar refractivity (Wildman–Crippen MR) is 95.2 cm³/mol. The second-order valence-electron chi connectivity index (χ2n) is 5.55. The number of amides is 1. The lowest BCUT2D eigenvalue weighted by Crippen LogP contribution is -2.25. The molecule has 124 valence electrons. The van der Waals surface area contributed by atoms with Crippen LogP contribution in [0, 0.1) is 0 Å². The van der Waals surface area contributed by atoms with E-state index in [0.29, 0.717) is 12.2 Å². The lowest BCUT2D eigenvalue weighted by molar-refractivity contribution is 0.0948. The predicted octanol–water partition coefficient (Wildman–Crippen LogP) is 3.14. The van der Waals surface area contributed by atoms with Crippen molar-refractivity contribution >= 4 is 17.2 Å². The Balaban J connectivity index is 1.40. The van der Waals surface area contributed by atoms with E-state index in [1.165, 1.54) is 16.9 Å². The molecule has 3 aromatic rings. The molecule has 0 aliphatic carbocycles. The summed E-state index contributed by atoms with van der Waals surface area (Å²) < 4.78 is 2.04. The smallest absolute Gasteiger partial charge is 0.270 e. The fraction of sp³-hybridized carbons (Fsp3) is 0.278. The van der Waals surface area contributed by atoms with E-state index in [0.717, 1.165) is 30.8 Å². The molecule has 6 heteroatoms. The second kappa shape index (κ2) is 8.40. The zero-order chi connectivity index (χ0) is 16.6. The number of hydrogen-bond acceptors (Lipinski definition) is 4. The van der Waals surface area contributed by atoms with Crippen molar-refractivity contribution in [2.75, 3.05) is 6.54 Å². The van der Waals surface area contributed by atoms with Gasteiger partial charge in [-0.05, 0) is 18.4 Å². The highest BCUT2D eigenvalue weighted by Gasteiger charge is 2.10. The van der Waals surface area contributed by atoms with Gasteiger partial charge in [0, 0.05) is 37.3 Å². The summed E-state index contributed by atoms with van der Waals surface area (Å²) in [4.78, 5) is 20.6. The van der Waals surface area contributed by atoms with Crippen molar-refractivity contribution in [3.63, 3.8) is 0 Å². The van der Waals surface area contributed by atoms with E-state index in [4.69, 9.17) is 0 Å². The average Bonchev–Trinajstić information content (AvgIpc) is 3.27. The number of imidazole rings is 1. The number of unbranched alkanes of at least 4 members (excludes halogenated alkanes) is 1. The third-order valence-electron chi connectivity index (χ3n) is 3.67. The number of aromatic nitrogens is 3. The van der Waals surface area contributed by atoms with Crippen molar-refractivity contribution in [2.45, 2.75) is 25.8 Å². The van der Waals surface area contributed by atoms with Gasteiger partial charge in [0.25, 0.3) is 5.91 Å². The molecule has 0 saturated carbocycles. The van der Waals surface area contributed by atoms with E-state index in [9.17, 15) is 4.79 Å². The monoisotopic (exact) mass is 340 g/mol. The first-order valence-corrected chi connectivity index (χ1v) is 8.91. The van der Waals surface area contributed by atoms with E-state index >= 15 is 0 Å². The van der Waals surface area contributed by atoms with Crippen LogP contribution in [-0.4, -0.2) is 27.0 Å². The number of benzene rings is 1. The van der Waals surface area contributed by atoms with Gasteiger partial charge in [-0.15, -0.1) is 11.3 Å². The molecule has 2 heterocycles. The molecule has 0 spiro atoms. The van der Waals surface area contributed by atoms with Crippen molar-refractivity contribution in [2.24, 2.45) is 0 Å². The van der Waals surface area contributed by atoms with Crippen molar-refractivity contribution in [1.29, 1.82) is 0 Å². The largest absolute Gasteiger partial charge is 0.351 e. The highest BCUT2D eigenvalue weighted by Crippen LogP contribution is 2.14. The maximum absolute atomic E-state index is 12.1. The number of nitrogens with one attached hydrogen (secondary N) is 1. The average molecular weight is 340 g/mol. The molecule has 0 radical (unpaired) electrons. The van der Waals surface area contributed by atoms with Crippen LogP contribution in [0.2, 0.25) is 0 Å². The summed E-state index contributed by atoms with van der Waals surface area (Å²) in [7, 11) is 0. The van der Waals surface area contributed by atoms with Crippen LogP contribution < -0.4 is 5.32 Å². The fourth-order valence-electron chi connectivity index (χ4n) is 2.40. The van der Waals surface area contributed by atoms with E-state index < -0.39 is 0 Å². The van der Waals surface area contributed by atoms with Gasteiger partial charge in [0.2, 0.25) is 0 Å². The minimum atomic E-state index is -0.0896. The molecule has 0 aliphatic rings. The first kappa shape index (κ1) is 16.4. The maximum atomic E-state index is 12.1.